The molecule has 0 aromatic carbocycles. The molecule has 0 radical (unpaired) electrons. The lowest BCUT2D eigenvalue weighted by molar-refractivity contribution is 0.0556. The molecule has 0 saturated carbocycles. The van der Waals surface area contributed by atoms with Crippen LogP contribution in [0.4, 0.5) is 5.88 Å². The average molecular weight is 223 g/mol. The number of aromatic nitrogens is 1. The molecule has 86 valence electrons. The van der Waals surface area contributed by atoms with E-state index in [4.69, 9.17) is 9.68 Å². The Morgan fingerprint density at radius 2 is 2.19 bits per heavy atom. The molecule has 1 heterocycles. The minimum absolute atomic E-state index is 0.101. The second-order valence-corrected chi connectivity index (χ2v) is 2.95. The topological polar surface area (TPSA) is 79.4 Å². The number of carbonyl (C=O) groups excluding carboxylic acids is 1. The first-order valence-electron chi connectivity index (χ1n) is 4.92. The number of hydrogen-bond acceptors (Lipinski definition) is 6. The van der Waals surface area contributed by atoms with Crippen molar-refractivity contribution in [2.45, 2.75) is 13.8 Å². The van der Waals surface area contributed by atoms with Crippen LogP contribution in [0.3, 0.4) is 0 Å². The summed E-state index contributed by atoms with van der Waals surface area (Å²) in [5, 5.41) is 8.87. The highest BCUT2D eigenvalue weighted by Gasteiger charge is 2.22. The number of nitrogens with zero attached hydrogens (tertiary/aromatic N) is 3. The number of ether oxygens (including phenoxy) is 1. The van der Waals surface area contributed by atoms with Crippen LogP contribution in [0.2, 0.25) is 0 Å². The van der Waals surface area contributed by atoms with E-state index >= 15 is 0 Å². The maximum atomic E-state index is 11.2. The molecule has 6 heteroatoms. The van der Waals surface area contributed by atoms with Crippen molar-refractivity contribution >= 4 is 11.9 Å². The maximum absolute atomic E-state index is 11.2. The zero-order valence-corrected chi connectivity index (χ0v) is 9.48. The molecular weight excluding hydrogens is 210 g/mol. The van der Waals surface area contributed by atoms with Crippen molar-refractivity contribution in [1.82, 2.24) is 4.98 Å². The van der Waals surface area contributed by atoms with Crippen LogP contribution in [-0.2, 0) is 4.74 Å². The molecule has 0 aliphatic rings. The summed E-state index contributed by atoms with van der Waals surface area (Å²) in [5.41, 5.74) is 0.101. The lowest BCUT2D eigenvalue weighted by Crippen LogP contribution is -2.22. The summed E-state index contributed by atoms with van der Waals surface area (Å²) in [5.74, 6) is -0.566. The van der Waals surface area contributed by atoms with Gasteiger partial charge in [-0.2, -0.15) is 10.2 Å². The molecule has 0 bridgehead atoms. The fourth-order valence-corrected chi connectivity index (χ4v) is 1.28. The van der Waals surface area contributed by atoms with Crippen molar-refractivity contribution in [3.63, 3.8) is 0 Å². The predicted octanol–water partition coefficient (Wildman–Crippen LogP) is 1.18. The Morgan fingerprint density at radius 1 is 1.56 bits per heavy atom. The van der Waals surface area contributed by atoms with Gasteiger partial charge in [-0.15, -0.1) is 0 Å². The largest absolute Gasteiger partial charge is 0.462 e. The van der Waals surface area contributed by atoms with Gasteiger partial charge in [0.05, 0.1) is 7.11 Å². The van der Waals surface area contributed by atoms with Gasteiger partial charge in [0, 0.05) is 13.1 Å². The van der Waals surface area contributed by atoms with Crippen LogP contribution in [0.1, 0.15) is 30.2 Å². The Labute approximate surface area is 93.4 Å². The van der Waals surface area contributed by atoms with Gasteiger partial charge in [0.2, 0.25) is 11.6 Å². The van der Waals surface area contributed by atoms with E-state index in [1.807, 2.05) is 19.9 Å². The van der Waals surface area contributed by atoms with Gasteiger partial charge < -0.3 is 14.1 Å². The zero-order valence-electron chi connectivity index (χ0n) is 9.48. The molecule has 0 saturated heterocycles. The number of oxazole rings is 1. The molecule has 0 spiro atoms. The number of rotatable bonds is 4. The molecule has 0 unspecified atom stereocenters. The SMILES string of the molecule is CCN(CC)c1oc(C(=O)OC)nc1C#N. The third-order valence-corrected chi connectivity index (χ3v) is 2.13. The minimum atomic E-state index is -0.685. The van der Waals surface area contributed by atoms with Gasteiger partial charge in [-0.05, 0) is 13.8 Å². The quantitative estimate of drug-likeness (QED) is 0.713. The Kier molecular flexibility index (Phi) is 3.89. The second-order valence-electron chi connectivity index (χ2n) is 2.95. The molecule has 0 fully saturated rings. The standard InChI is InChI=1S/C10H13N3O3/c1-4-13(5-2)9-7(6-11)12-8(16-9)10(14)15-3/h4-5H2,1-3H3. The van der Waals surface area contributed by atoms with Crippen molar-refractivity contribution in [3.05, 3.63) is 11.6 Å². The summed E-state index contributed by atoms with van der Waals surface area (Å²) in [4.78, 5) is 16.8. The van der Waals surface area contributed by atoms with Crippen LogP contribution in [0.25, 0.3) is 0 Å². The number of methoxy groups -OCH3 is 1. The van der Waals surface area contributed by atoms with Crippen molar-refractivity contribution < 1.29 is 13.9 Å². The van der Waals surface area contributed by atoms with E-state index in [2.05, 4.69) is 9.72 Å². The van der Waals surface area contributed by atoms with Gasteiger partial charge >= 0.3 is 11.9 Å². The normalized spacial score (nSPS) is 9.62. The molecule has 1 rings (SSSR count). The first-order chi connectivity index (χ1) is 7.67. The lowest BCUT2D eigenvalue weighted by atomic mass is 10.4. The third-order valence-electron chi connectivity index (χ3n) is 2.13. The zero-order chi connectivity index (χ0) is 12.1. The Morgan fingerprint density at radius 3 is 2.62 bits per heavy atom. The summed E-state index contributed by atoms with van der Waals surface area (Å²) in [6.45, 7) is 5.18. The first-order valence-corrected chi connectivity index (χ1v) is 4.92. The van der Waals surface area contributed by atoms with Crippen LogP contribution in [0.15, 0.2) is 4.42 Å². The average Bonchev–Trinajstić information content (AvgIpc) is 2.74. The summed E-state index contributed by atoms with van der Waals surface area (Å²) < 4.78 is 9.69. The van der Waals surface area contributed by atoms with Crippen molar-refractivity contribution in [3.8, 4) is 6.07 Å². The lowest BCUT2D eigenvalue weighted by Gasteiger charge is -2.16. The van der Waals surface area contributed by atoms with Crippen LogP contribution < -0.4 is 4.90 Å². The van der Waals surface area contributed by atoms with Crippen LogP contribution in [0.5, 0.6) is 0 Å². The Bertz CT molecular complexity index is 415. The van der Waals surface area contributed by atoms with Gasteiger partial charge in [0.25, 0.3) is 0 Å². The van der Waals surface area contributed by atoms with E-state index < -0.39 is 5.97 Å². The van der Waals surface area contributed by atoms with Crippen LogP contribution in [0, 0.1) is 11.3 Å². The van der Waals surface area contributed by atoms with E-state index in [-0.39, 0.29) is 11.6 Å². The van der Waals surface area contributed by atoms with Crippen LogP contribution >= 0.6 is 0 Å². The molecule has 0 atom stereocenters. The van der Waals surface area contributed by atoms with Gasteiger partial charge in [-0.25, -0.2) is 4.79 Å². The van der Waals surface area contributed by atoms with Gasteiger partial charge in [-0.3, -0.25) is 0 Å². The van der Waals surface area contributed by atoms with Gasteiger partial charge in [0.1, 0.15) is 6.07 Å². The van der Waals surface area contributed by atoms with E-state index in [0.29, 0.717) is 19.0 Å². The van der Waals surface area contributed by atoms with Crippen molar-refractivity contribution in [2.75, 3.05) is 25.1 Å². The fraction of sp³-hybridized carbons (Fsp3) is 0.500. The minimum Gasteiger partial charge on any atom is -0.462 e. The smallest absolute Gasteiger partial charge is 0.394 e. The molecule has 6 nitrogen and oxygen atoms in total. The molecule has 1 aromatic rings. The van der Waals surface area contributed by atoms with E-state index in [1.54, 1.807) is 4.90 Å². The number of esters is 1. The summed E-state index contributed by atoms with van der Waals surface area (Å²) in [6.07, 6.45) is 0. The van der Waals surface area contributed by atoms with Gasteiger partial charge in [0.15, 0.2) is 0 Å². The Balaban J connectivity index is 3.14. The molecule has 16 heavy (non-hydrogen) atoms. The monoisotopic (exact) mass is 223 g/mol. The maximum Gasteiger partial charge on any atom is 0.394 e. The van der Waals surface area contributed by atoms with E-state index in [9.17, 15) is 4.79 Å². The Hall–Kier alpha value is -2.03. The number of carbonyl (C=O) groups is 1. The van der Waals surface area contributed by atoms with E-state index in [0.717, 1.165) is 0 Å². The number of anilines is 1. The highest BCUT2D eigenvalue weighted by molar-refractivity contribution is 5.84. The molecule has 0 N–H and O–H groups in total. The number of nitriles is 1. The first kappa shape index (κ1) is 12.0. The predicted molar refractivity (Wildman–Crippen MR) is 56.1 cm³/mol. The third kappa shape index (κ3) is 2.14. The molecular formula is C10H13N3O3. The van der Waals surface area contributed by atoms with E-state index in [1.165, 1.54) is 7.11 Å². The number of hydrogen-bond donors (Lipinski definition) is 0. The molecule has 1 aromatic heterocycles. The highest BCUT2D eigenvalue weighted by Crippen LogP contribution is 2.21. The highest BCUT2D eigenvalue weighted by atomic mass is 16.5. The summed E-state index contributed by atoms with van der Waals surface area (Å²) in [7, 11) is 1.23. The fourth-order valence-electron chi connectivity index (χ4n) is 1.28. The summed E-state index contributed by atoms with van der Waals surface area (Å²) >= 11 is 0. The molecule has 0 aliphatic carbocycles. The second kappa shape index (κ2) is 5.16. The van der Waals surface area contributed by atoms with Crippen LogP contribution in [-0.4, -0.2) is 31.2 Å². The molecule has 0 aliphatic heterocycles. The molecule has 0 amide bonds. The van der Waals surface area contributed by atoms with Gasteiger partial charge in [-0.1, -0.05) is 0 Å². The van der Waals surface area contributed by atoms with Crippen molar-refractivity contribution in [2.24, 2.45) is 0 Å². The summed E-state index contributed by atoms with van der Waals surface area (Å²) in [6, 6.07) is 1.89. The van der Waals surface area contributed by atoms with Crippen molar-refractivity contribution in [1.29, 1.82) is 5.26 Å².